The van der Waals surface area contributed by atoms with Crippen LogP contribution in [0.15, 0.2) is 85.1 Å². The third-order valence-corrected chi connectivity index (χ3v) is 5.31. The van der Waals surface area contributed by atoms with E-state index in [0.29, 0.717) is 23.2 Å². The van der Waals surface area contributed by atoms with Gasteiger partial charge in [-0.1, -0.05) is 60.7 Å². The molecule has 1 aromatic heterocycles. The lowest BCUT2D eigenvalue weighted by Crippen LogP contribution is -2.44. The van der Waals surface area contributed by atoms with Crippen LogP contribution in [0.4, 0.5) is 0 Å². The van der Waals surface area contributed by atoms with E-state index < -0.39 is 5.72 Å². The van der Waals surface area contributed by atoms with E-state index in [-0.39, 0.29) is 5.91 Å². The molecule has 132 valence electrons. The summed E-state index contributed by atoms with van der Waals surface area (Å²) < 4.78 is 0. The van der Waals surface area contributed by atoms with Gasteiger partial charge in [-0.2, -0.15) is 0 Å². The maximum atomic E-state index is 13.2. The van der Waals surface area contributed by atoms with E-state index in [1.165, 1.54) is 0 Å². The molecule has 0 saturated heterocycles. The molecule has 0 aliphatic carbocycles. The molecule has 1 unspecified atom stereocenters. The number of carbonyl (C=O) groups is 1. The largest absolute Gasteiger partial charge is 0.363 e. The van der Waals surface area contributed by atoms with Gasteiger partial charge in [-0.25, -0.2) is 0 Å². The number of nitrogens with zero attached hydrogens (tertiary/aromatic N) is 1. The van der Waals surface area contributed by atoms with Crippen LogP contribution in [-0.2, 0) is 12.3 Å². The monoisotopic (exact) mass is 354 g/mol. The molecular formula is C23H18N2O2. The van der Waals surface area contributed by atoms with E-state index in [1.54, 1.807) is 11.0 Å². The predicted octanol–water partition coefficient (Wildman–Crippen LogP) is 4.02. The van der Waals surface area contributed by atoms with Crippen LogP contribution in [0.2, 0.25) is 0 Å². The van der Waals surface area contributed by atoms with E-state index >= 15 is 0 Å². The summed E-state index contributed by atoms with van der Waals surface area (Å²) in [5.41, 5.74) is 2.23. The summed E-state index contributed by atoms with van der Waals surface area (Å²) >= 11 is 0. The maximum Gasteiger partial charge on any atom is 0.257 e. The average molecular weight is 354 g/mol. The molecule has 1 atom stereocenters. The van der Waals surface area contributed by atoms with Crippen molar-refractivity contribution in [3.05, 3.63) is 107 Å². The number of aliphatic hydroxyl groups is 1. The van der Waals surface area contributed by atoms with E-state index in [1.807, 2.05) is 79.0 Å². The van der Waals surface area contributed by atoms with Crippen molar-refractivity contribution in [3.8, 4) is 0 Å². The van der Waals surface area contributed by atoms with Gasteiger partial charge in [0.2, 0.25) is 0 Å². The molecular weight excluding hydrogens is 336 g/mol. The quantitative estimate of drug-likeness (QED) is 0.584. The fraction of sp³-hybridized carbons (Fsp3) is 0.0870. The number of H-pyrrole nitrogens is 1. The first-order chi connectivity index (χ1) is 13.2. The van der Waals surface area contributed by atoms with Crippen molar-refractivity contribution >= 4 is 16.8 Å². The van der Waals surface area contributed by atoms with Crippen LogP contribution in [0.25, 0.3) is 10.9 Å². The molecule has 1 amide bonds. The smallest absolute Gasteiger partial charge is 0.257 e. The van der Waals surface area contributed by atoms with Crippen molar-refractivity contribution in [2.24, 2.45) is 0 Å². The van der Waals surface area contributed by atoms with Crippen molar-refractivity contribution in [1.29, 1.82) is 0 Å². The van der Waals surface area contributed by atoms with Crippen LogP contribution in [0.1, 0.15) is 27.0 Å². The number of benzene rings is 3. The Hall–Kier alpha value is -3.37. The molecule has 4 nitrogen and oxygen atoms in total. The normalized spacial score (nSPS) is 18.9. The second kappa shape index (κ2) is 5.83. The molecule has 0 radical (unpaired) electrons. The Morgan fingerprint density at radius 2 is 1.70 bits per heavy atom. The molecule has 0 bridgehead atoms. The second-order valence-electron chi connectivity index (χ2n) is 6.87. The summed E-state index contributed by atoms with van der Waals surface area (Å²) in [4.78, 5) is 17.9. The lowest BCUT2D eigenvalue weighted by molar-refractivity contribution is -0.0542. The highest BCUT2D eigenvalue weighted by Crippen LogP contribution is 2.43. The molecule has 0 spiro atoms. The fourth-order valence-corrected chi connectivity index (χ4v) is 3.94. The van der Waals surface area contributed by atoms with Gasteiger partial charge < -0.3 is 10.1 Å². The molecule has 2 heterocycles. The molecule has 27 heavy (non-hydrogen) atoms. The molecule has 4 heteroatoms. The molecule has 0 fully saturated rings. The van der Waals surface area contributed by atoms with Crippen molar-refractivity contribution in [3.63, 3.8) is 0 Å². The van der Waals surface area contributed by atoms with Gasteiger partial charge in [0.15, 0.2) is 5.72 Å². The Balaban J connectivity index is 1.70. The molecule has 0 saturated carbocycles. The summed E-state index contributed by atoms with van der Waals surface area (Å²) in [6.07, 6.45) is 1.87. The highest BCUT2D eigenvalue weighted by atomic mass is 16.3. The summed E-state index contributed by atoms with van der Waals surface area (Å²) in [5, 5.41) is 13.0. The van der Waals surface area contributed by atoms with Gasteiger partial charge in [0, 0.05) is 34.9 Å². The third kappa shape index (κ3) is 2.31. The van der Waals surface area contributed by atoms with Crippen molar-refractivity contribution < 1.29 is 9.90 Å². The minimum atomic E-state index is -1.51. The number of fused-ring (bicyclic) bond motifs is 2. The van der Waals surface area contributed by atoms with Gasteiger partial charge in [0.25, 0.3) is 5.91 Å². The minimum absolute atomic E-state index is 0.163. The number of nitrogens with one attached hydrogen (secondary N) is 1. The lowest BCUT2D eigenvalue weighted by atomic mass is 9.93. The van der Waals surface area contributed by atoms with Gasteiger partial charge >= 0.3 is 0 Å². The number of aromatic nitrogens is 1. The van der Waals surface area contributed by atoms with Crippen molar-refractivity contribution in [2.45, 2.75) is 12.3 Å². The highest BCUT2D eigenvalue weighted by Gasteiger charge is 2.49. The van der Waals surface area contributed by atoms with E-state index in [0.717, 1.165) is 16.5 Å². The molecule has 5 rings (SSSR count). The molecule has 1 aliphatic heterocycles. The Morgan fingerprint density at radius 3 is 2.56 bits per heavy atom. The summed E-state index contributed by atoms with van der Waals surface area (Å²) in [6, 6.07) is 24.8. The SMILES string of the molecule is O=C1c2ccccc2C(O)(c2ccc3cc[nH]c3c2)N1Cc1ccccc1. The van der Waals surface area contributed by atoms with E-state index in [4.69, 9.17) is 0 Å². The molecule has 1 aliphatic rings. The van der Waals surface area contributed by atoms with Gasteiger partial charge in [-0.3, -0.25) is 9.69 Å². The summed E-state index contributed by atoms with van der Waals surface area (Å²) in [6.45, 7) is 0.327. The Bertz CT molecular complexity index is 1150. The van der Waals surface area contributed by atoms with E-state index in [9.17, 15) is 9.90 Å². The third-order valence-electron chi connectivity index (χ3n) is 5.31. The first-order valence-electron chi connectivity index (χ1n) is 8.93. The zero-order valence-corrected chi connectivity index (χ0v) is 14.6. The standard InChI is InChI=1S/C23H18N2O2/c26-22-19-8-4-5-9-20(19)23(27,25(22)15-16-6-2-1-3-7-16)18-11-10-17-12-13-24-21(17)14-18/h1-14,24,27H,15H2. The number of carbonyl (C=O) groups excluding carboxylic acids is 1. The van der Waals surface area contributed by atoms with Crippen LogP contribution in [0.3, 0.4) is 0 Å². The van der Waals surface area contributed by atoms with Crippen LogP contribution in [-0.4, -0.2) is 20.9 Å². The first-order valence-corrected chi connectivity index (χ1v) is 8.93. The van der Waals surface area contributed by atoms with Gasteiger partial charge in [0.05, 0.1) is 0 Å². The van der Waals surface area contributed by atoms with Crippen molar-refractivity contribution in [1.82, 2.24) is 9.88 Å². The van der Waals surface area contributed by atoms with E-state index in [2.05, 4.69) is 4.98 Å². The van der Waals surface area contributed by atoms with Crippen LogP contribution in [0, 0.1) is 0 Å². The maximum absolute atomic E-state index is 13.2. The number of aromatic amines is 1. The van der Waals surface area contributed by atoms with Crippen LogP contribution in [0.5, 0.6) is 0 Å². The van der Waals surface area contributed by atoms with Gasteiger partial charge in [-0.05, 0) is 29.1 Å². The minimum Gasteiger partial charge on any atom is -0.363 e. The summed E-state index contributed by atoms with van der Waals surface area (Å²) in [7, 11) is 0. The average Bonchev–Trinajstić information content (AvgIpc) is 3.27. The van der Waals surface area contributed by atoms with Crippen molar-refractivity contribution in [2.75, 3.05) is 0 Å². The fourth-order valence-electron chi connectivity index (χ4n) is 3.94. The van der Waals surface area contributed by atoms with Gasteiger partial charge in [-0.15, -0.1) is 0 Å². The number of amides is 1. The number of hydrogen-bond donors (Lipinski definition) is 2. The Kier molecular flexibility index (Phi) is 3.42. The number of rotatable bonds is 3. The van der Waals surface area contributed by atoms with Crippen LogP contribution < -0.4 is 0 Å². The second-order valence-corrected chi connectivity index (χ2v) is 6.87. The Labute approximate surface area is 156 Å². The topological polar surface area (TPSA) is 56.3 Å². The molecule has 4 aromatic rings. The van der Waals surface area contributed by atoms with Gasteiger partial charge in [0.1, 0.15) is 0 Å². The highest BCUT2D eigenvalue weighted by molar-refractivity contribution is 6.00. The predicted molar refractivity (Wildman–Crippen MR) is 104 cm³/mol. The zero-order valence-electron chi connectivity index (χ0n) is 14.6. The first kappa shape index (κ1) is 15.9. The lowest BCUT2D eigenvalue weighted by Gasteiger charge is -2.35. The van der Waals surface area contributed by atoms with Crippen LogP contribution >= 0.6 is 0 Å². The number of hydrogen-bond acceptors (Lipinski definition) is 2. The Morgan fingerprint density at radius 1 is 0.926 bits per heavy atom. The summed E-state index contributed by atoms with van der Waals surface area (Å²) in [5.74, 6) is -0.163. The molecule has 2 N–H and O–H groups in total. The molecule has 3 aromatic carbocycles. The zero-order chi connectivity index (χ0) is 18.4.